The Morgan fingerprint density at radius 3 is 3.00 bits per heavy atom. The summed E-state index contributed by atoms with van der Waals surface area (Å²) in [6.45, 7) is 0.745. The number of aromatic amines is 1. The van der Waals surface area contributed by atoms with Gasteiger partial charge in [0.2, 0.25) is 5.88 Å². The second kappa shape index (κ2) is 5.54. The summed E-state index contributed by atoms with van der Waals surface area (Å²) in [5, 5.41) is 4.57. The zero-order chi connectivity index (χ0) is 13.9. The molecular weight excluding hydrogens is 318 g/mol. The second-order valence-electron chi connectivity index (χ2n) is 4.47. The fourth-order valence-corrected chi connectivity index (χ4v) is 2.59. The molecule has 0 atom stereocenters. The van der Waals surface area contributed by atoms with Crippen LogP contribution in [0.15, 0.2) is 47.2 Å². The van der Waals surface area contributed by atoms with E-state index in [0.29, 0.717) is 5.88 Å². The third-order valence-corrected chi connectivity index (χ3v) is 3.68. The summed E-state index contributed by atoms with van der Waals surface area (Å²) < 4.78 is 5.95. The van der Waals surface area contributed by atoms with Crippen molar-refractivity contribution in [1.82, 2.24) is 9.97 Å². The van der Waals surface area contributed by atoms with Crippen molar-refractivity contribution in [3.63, 3.8) is 0 Å². The van der Waals surface area contributed by atoms with Crippen LogP contribution in [0.2, 0.25) is 0 Å². The molecule has 0 bridgehead atoms. The Morgan fingerprint density at radius 2 is 2.20 bits per heavy atom. The molecule has 0 saturated carbocycles. The predicted molar refractivity (Wildman–Crippen MR) is 84.1 cm³/mol. The van der Waals surface area contributed by atoms with Crippen LogP contribution in [0.5, 0.6) is 5.88 Å². The van der Waals surface area contributed by atoms with Gasteiger partial charge in [-0.3, -0.25) is 0 Å². The highest BCUT2D eigenvalue weighted by atomic mass is 79.9. The van der Waals surface area contributed by atoms with Gasteiger partial charge in [-0.05, 0) is 45.1 Å². The highest BCUT2D eigenvalue weighted by Crippen LogP contribution is 2.25. The van der Waals surface area contributed by atoms with E-state index in [9.17, 15) is 0 Å². The maximum atomic E-state index is 5.11. The van der Waals surface area contributed by atoms with Crippen molar-refractivity contribution in [2.45, 2.75) is 6.54 Å². The highest BCUT2D eigenvalue weighted by Gasteiger charge is 2.03. The van der Waals surface area contributed by atoms with E-state index in [4.69, 9.17) is 4.74 Å². The Morgan fingerprint density at radius 1 is 1.30 bits per heavy atom. The van der Waals surface area contributed by atoms with E-state index in [1.807, 2.05) is 12.3 Å². The Balaban J connectivity index is 1.73. The Hall–Kier alpha value is -2.01. The number of benzene rings is 1. The fourth-order valence-electron chi connectivity index (χ4n) is 2.08. The van der Waals surface area contributed by atoms with E-state index in [2.05, 4.69) is 55.5 Å². The first kappa shape index (κ1) is 13.0. The standard InChI is InChI=1S/C15H14BrN3O/c1-20-15-13(16)7-12(9-19-15)18-8-10-2-3-11-4-5-17-14(11)6-10/h2-7,9,17-18H,8H2,1H3. The minimum atomic E-state index is 0.586. The summed E-state index contributed by atoms with van der Waals surface area (Å²) in [6.07, 6.45) is 3.71. The van der Waals surface area contributed by atoms with Gasteiger partial charge in [-0.1, -0.05) is 12.1 Å². The first-order chi connectivity index (χ1) is 9.76. The topological polar surface area (TPSA) is 49.9 Å². The first-order valence-corrected chi connectivity index (χ1v) is 7.05. The normalized spacial score (nSPS) is 10.7. The second-order valence-corrected chi connectivity index (χ2v) is 5.32. The van der Waals surface area contributed by atoms with E-state index in [0.717, 1.165) is 22.2 Å². The lowest BCUT2D eigenvalue weighted by molar-refractivity contribution is 0.395. The Kier molecular flexibility index (Phi) is 3.60. The summed E-state index contributed by atoms with van der Waals surface area (Å²) in [5.74, 6) is 0.586. The van der Waals surface area contributed by atoms with Gasteiger partial charge in [0, 0.05) is 18.3 Å². The summed E-state index contributed by atoms with van der Waals surface area (Å²) in [7, 11) is 1.60. The highest BCUT2D eigenvalue weighted by molar-refractivity contribution is 9.10. The number of hydrogen-bond acceptors (Lipinski definition) is 3. The van der Waals surface area contributed by atoms with E-state index < -0.39 is 0 Å². The third kappa shape index (κ3) is 2.63. The van der Waals surface area contributed by atoms with Gasteiger partial charge in [0.1, 0.15) is 0 Å². The molecule has 0 fully saturated rings. The van der Waals surface area contributed by atoms with Crippen molar-refractivity contribution < 1.29 is 4.74 Å². The van der Waals surface area contributed by atoms with Crippen LogP contribution in [0.4, 0.5) is 5.69 Å². The van der Waals surface area contributed by atoms with Gasteiger partial charge in [-0.25, -0.2) is 4.98 Å². The fraction of sp³-hybridized carbons (Fsp3) is 0.133. The van der Waals surface area contributed by atoms with E-state index >= 15 is 0 Å². The van der Waals surface area contributed by atoms with Gasteiger partial charge in [0.15, 0.2) is 0 Å². The smallest absolute Gasteiger partial charge is 0.227 e. The van der Waals surface area contributed by atoms with Gasteiger partial charge >= 0.3 is 0 Å². The summed E-state index contributed by atoms with van der Waals surface area (Å²) in [4.78, 5) is 7.43. The van der Waals surface area contributed by atoms with Crippen LogP contribution in [0.3, 0.4) is 0 Å². The number of nitrogens with zero attached hydrogens (tertiary/aromatic N) is 1. The number of H-pyrrole nitrogens is 1. The van der Waals surface area contributed by atoms with Crippen LogP contribution in [0.1, 0.15) is 5.56 Å². The number of anilines is 1. The molecule has 2 aromatic heterocycles. The molecule has 0 aliphatic carbocycles. The monoisotopic (exact) mass is 331 g/mol. The molecule has 0 spiro atoms. The number of rotatable bonds is 4. The predicted octanol–water partition coefficient (Wildman–Crippen LogP) is 3.95. The lowest BCUT2D eigenvalue weighted by Crippen LogP contribution is -2.00. The average Bonchev–Trinajstić information content (AvgIpc) is 2.92. The molecule has 102 valence electrons. The van der Waals surface area contributed by atoms with Crippen molar-refractivity contribution in [1.29, 1.82) is 0 Å². The van der Waals surface area contributed by atoms with E-state index in [1.165, 1.54) is 10.9 Å². The van der Waals surface area contributed by atoms with Crippen LogP contribution in [-0.4, -0.2) is 17.1 Å². The van der Waals surface area contributed by atoms with Crippen molar-refractivity contribution in [2.75, 3.05) is 12.4 Å². The molecule has 5 heteroatoms. The first-order valence-electron chi connectivity index (χ1n) is 6.26. The number of nitrogens with one attached hydrogen (secondary N) is 2. The molecule has 0 aliphatic heterocycles. The molecule has 0 unspecified atom stereocenters. The van der Waals surface area contributed by atoms with Gasteiger partial charge < -0.3 is 15.0 Å². The maximum Gasteiger partial charge on any atom is 0.227 e. The number of fused-ring (bicyclic) bond motifs is 1. The van der Waals surface area contributed by atoms with Crippen LogP contribution >= 0.6 is 15.9 Å². The Bertz CT molecular complexity index is 739. The van der Waals surface area contributed by atoms with E-state index in [1.54, 1.807) is 13.3 Å². The molecule has 3 rings (SSSR count). The van der Waals surface area contributed by atoms with Gasteiger partial charge in [0.05, 0.1) is 23.5 Å². The molecule has 2 N–H and O–H groups in total. The number of hydrogen-bond donors (Lipinski definition) is 2. The molecular formula is C15H14BrN3O. The van der Waals surface area contributed by atoms with Crippen molar-refractivity contribution in [2.24, 2.45) is 0 Å². The molecule has 0 amide bonds. The number of pyridine rings is 1. The zero-order valence-electron chi connectivity index (χ0n) is 11.0. The number of halogens is 1. The molecule has 0 aliphatic rings. The minimum absolute atomic E-state index is 0.586. The average molecular weight is 332 g/mol. The van der Waals surface area contributed by atoms with E-state index in [-0.39, 0.29) is 0 Å². The van der Waals surface area contributed by atoms with Crippen LogP contribution in [0, 0.1) is 0 Å². The van der Waals surface area contributed by atoms with Crippen LogP contribution in [-0.2, 0) is 6.54 Å². The lowest BCUT2D eigenvalue weighted by Gasteiger charge is -2.08. The molecule has 2 heterocycles. The summed E-state index contributed by atoms with van der Waals surface area (Å²) in [5.41, 5.74) is 3.31. The molecule has 0 radical (unpaired) electrons. The maximum absolute atomic E-state index is 5.11. The third-order valence-electron chi connectivity index (χ3n) is 3.12. The van der Waals surface area contributed by atoms with Gasteiger partial charge in [-0.15, -0.1) is 0 Å². The zero-order valence-corrected chi connectivity index (χ0v) is 12.6. The summed E-state index contributed by atoms with van der Waals surface area (Å²) >= 11 is 3.43. The number of ether oxygens (including phenoxy) is 1. The van der Waals surface area contributed by atoms with Crippen molar-refractivity contribution in [3.8, 4) is 5.88 Å². The van der Waals surface area contributed by atoms with Crippen LogP contribution < -0.4 is 10.1 Å². The lowest BCUT2D eigenvalue weighted by atomic mass is 10.1. The van der Waals surface area contributed by atoms with Gasteiger partial charge in [-0.2, -0.15) is 0 Å². The quantitative estimate of drug-likeness (QED) is 0.761. The molecule has 0 saturated heterocycles. The minimum Gasteiger partial charge on any atom is -0.480 e. The number of methoxy groups -OCH3 is 1. The largest absolute Gasteiger partial charge is 0.480 e. The summed E-state index contributed by atoms with van der Waals surface area (Å²) in [6, 6.07) is 10.4. The number of aromatic nitrogens is 2. The van der Waals surface area contributed by atoms with Gasteiger partial charge in [0.25, 0.3) is 0 Å². The van der Waals surface area contributed by atoms with Crippen molar-refractivity contribution in [3.05, 3.63) is 52.8 Å². The molecule has 20 heavy (non-hydrogen) atoms. The van der Waals surface area contributed by atoms with Crippen molar-refractivity contribution >= 4 is 32.5 Å². The molecule has 3 aromatic rings. The molecule has 4 nitrogen and oxygen atoms in total. The SMILES string of the molecule is COc1ncc(NCc2ccc3cc[nH]c3c2)cc1Br. The Labute approximate surface area is 125 Å². The molecule has 1 aromatic carbocycles. The van der Waals surface area contributed by atoms with Crippen LogP contribution in [0.25, 0.3) is 10.9 Å².